The Morgan fingerprint density at radius 3 is 2.77 bits per heavy atom. The second-order valence-electron chi connectivity index (χ2n) is 3.96. The van der Waals surface area contributed by atoms with Crippen LogP contribution in [-0.2, 0) is 7.05 Å². The Kier molecular flexibility index (Phi) is 2.93. The van der Waals surface area contributed by atoms with Gasteiger partial charge in [-0.25, -0.2) is 0 Å². The molecule has 1 N–H and O–H groups in total. The Labute approximate surface area is 78.1 Å². The maximum atomic E-state index is 8.98. The van der Waals surface area contributed by atoms with Crippen LogP contribution in [-0.4, -0.2) is 28.1 Å². The van der Waals surface area contributed by atoms with Gasteiger partial charge < -0.3 is 9.84 Å². The van der Waals surface area contributed by atoms with Gasteiger partial charge in [0, 0.05) is 12.5 Å². The molecule has 0 aromatic carbocycles. The van der Waals surface area contributed by atoms with Gasteiger partial charge in [-0.1, -0.05) is 13.8 Å². The number of hydrogen-bond donors (Lipinski definition) is 1. The Morgan fingerprint density at radius 2 is 2.31 bits per heavy atom. The van der Waals surface area contributed by atoms with Crippen molar-refractivity contribution in [2.24, 2.45) is 12.5 Å². The minimum atomic E-state index is -0.199. The van der Waals surface area contributed by atoms with Crippen molar-refractivity contribution in [3.05, 3.63) is 12.4 Å². The van der Waals surface area contributed by atoms with E-state index in [0.29, 0.717) is 6.61 Å². The summed E-state index contributed by atoms with van der Waals surface area (Å²) in [7, 11) is 1.84. The lowest BCUT2D eigenvalue weighted by molar-refractivity contribution is 0.0975. The van der Waals surface area contributed by atoms with E-state index in [9.17, 15) is 0 Å². The summed E-state index contributed by atoms with van der Waals surface area (Å²) >= 11 is 0. The molecule has 0 atom stereocenters. The van der Waals surface area contributed by atoms with Crippen LogP contribution in [0.1, 0.15) is 13.8 Å². The highest BCUT2D eigenvalue weighted by Gasteiger charge is 2.17. The summed E-state index contributed by atoms with van der Waals surface area (Å²) in [5.41, 5.74) is -0.199. The van der Waals surface area contributed by atoms with E-state index in [1.807, 2.05) is 20.9 Å². The van der Waals surface area contributed by atoms with E-state index in [1.165, 1.54) is 0 Å². The van der Waals surface area contributed by atoms with Crippen molar-refractivity contribution >= 4 is 0 Å². The molecular formula is C9H16N2O2. The summed E-state index contributed by atoms with van der Waals surface area (Å²) in [6.07, 6.45) is 3.46. The predicted molar refractivity (Wildman–Crippen MR) is 49.6 cm³/mol. The zero-order chi connectivity index (χ0) is 9.90. The molecule has 0 amide bonds. The highest BCUT2D eigenvalue weighted by molar-refractivity contribution is 5.11. The second kappa shape index (κ2) is 3.79. The first-order valence-corrected chi connectivity index (χ1v) is 4.26. The fourth-order valence-electron chi connectivity index (χ4n) is 0.798. The van der Waals surface area contributed by atoms with Crippen LogP contribution in [0.4, 0.5) is 0 Å². The van der Waals surface area contributed by atoms with Crippen molar-refractivity contribution in [3.8, 4) is 5.75 Å². The molecule has 0 aliphatic carbocycles. The topological polar surface area (TPSA) is 47.3 Å². The summed E-state index contributed by atoms with van der Waals surface area (Å²) in [6, 6.07) is 0. The summed E-state index contributed by atoms with van der Waals surface area (Å²) in [4.78, 5) is 0. The average Bonchev–Trinajstić information content (AvgIpc) is 2.48. The Bertz CT molecular complexity index is 268. The van der Waals surface area contributed by atoms with Gasteiger partial charge >= 0.3 is 0 Å². The molecular weight excluding hydrogens is 168 g/mol. The molecule has 1 aromatic rings. The Balaban J connectivity index is 2.43. The van der Waals surface area contributed by atoms with Gasteiger partial charge in [-0.3, -0.25) is 4.68 Å². The lowest BCUT2D eigenvalue weighted by atomic mass is 9.97. The van der Waals surface area contributed by atoms with Gasteiger partial charge in [0.05, 0.1) is 25.6 Å². The van der Waals surface area contributed by atoms with Crippen molar-refractivity contribution in [2.75, 3.05) is 13.2 Å². The number of ether oxygens (including phenoxy) is 1. The number of hydrogen-bond acceptors (Lipinski definition) is 3. The van der Waals surface area contributed by atoms with Gasteiger partial charge in [0.25, 0.3) is 0 Å². The van der Waals surface area contributed by atoms with Gasteiger partial charge in [0.2, 0.25) is 0 Å². The van der Waals surface area contributed by atoms with E-state index in [1.54, 1.807) is 17.1 Å². The molecule has 0 fully saturated rings. The smallest absolute Gasteiger partial charge is 0.157 e. The van der Waals surface area contributed by atoms with Gasteiger partial charge in [-0.2, -0.15) is 5.10 Å². The third-order valence-corrected chi connectivity index (χ3v) is 1.74. The van der Waals surface area contributed by atoms with Crippen LogP contribution in [0.25, 0.3) is 0 Å². The molecule has 0 saturated carbocycles. The van der Waals surface area contributed by atoms with Crippen LogP contribution in [0.2, 0.25) is 0 Å². The molecule has 4 nitrogen and oxygen atoms in total. The molecule has 1 heterocycles. The van der Waals surface area contributed by atoms with E-state index in [2.05, 4.69) is 5.10 Å². The molecule has 0 aliphatic rings. The fourth-order valence-corrected chi connectivity index (χ4v) is 0.798. The maximum absolute atomic E-state index is 8.98. The third kappa shape index (κ3) is 3.06. The van der Waals surface area contributed by atoms with Crippen molar-refractivity contribution in [1.82, 2.24) is 9.78 Å². The standard InChI is InChI=1S/C9H16N2O2/c1-9(2,6-12)7-13-8-4-10-11(3)5-8/h4-5,12H,6-7H2,1-3H3. The molecule has 0 aliphatic heterocycles. The lowest BCUT2D eigenvalue weighted by Crippen LogP contribution is -2.25. The largest absolute Gasteiger partial charge is 0.490 e. The molecule has 4 heteroatoms. The normalized spacial score (nSPS) is 11.7. The number of aryl methyl sites for hydroxylation is 1. The van der Waals surface area contributed by atoms with Crippen molar-refractivity contribution in [2.45, 2.75) is 13.8 Å². The quantitative estimate of drug-likeness (QED) is 0.753. The number of aliphatic hydroxyl groups is 1. The minimum absolute atomic E-state index is 0.118. The SMILES string of the molecule is Cn1cc(OCC(C)(C)CO)cn1. The fraction of sp³-hybridized carbons (Fsp3) is 0.667. The van der Waals surface area contributed by atoms with Crippen LogP contribution < -0.4 is 4.74 Å². The van der Waals surface area contributed by atoms with Crippen LogP contribution >= 0.6 is 0 Å². The summed E-state index contributed by atoms with van der Waals surface area (Å²) in [5, 5.41) is 12.9. The molecule has 1 rings (SSSR count). The first-order chi connectivity index (χ1) is 6.03. The number of aliphatic hydroxyl groups excluding tert-OH is 1. The monoisotopic (exact) mass is 184 g/mol. The van der Waals surface area contributed by atoms with Gasteiger partial charge in [0.1, 0.15) is 0 Å². The highest BCUT2D eigenvalue weighted by Crippen LogP contribution is 2.16. The molecule has 0 saturated heterocycles. The van der Waals surface area contributed by atoms with Crippen molar-refractivity contribution in [1.29, 1.82) is 0 Å². The first-order valence-electron chi connectivity index (χ1n) is 4.26. The van der Waals surface area contributed by atoms with E-state index in [0.717, 1.165) is 5.75 Å². The van der Waals surface area contributed by atoms with Gasteiger partial charge in [0.15, 0.2) is 5.75 Å². The van der Waals surface area contributed by atoms with Crippen molar-refractivity contribution < 1.29 is 9.84 Å². The highest BCUT2D eigenvalue weighted by atomic mass is 16.5. The molecule has 0 unspecified atom stereocenters. The number of rotatable bonds is 4. The Hall–Kier alpha value is -1.03. The van der Waals surface area contributed by atoms with Crippen LogP contribution in [0.3, 0.4) is 0 Å². The van der Waals surface area contributed by atoms with E-state index >= 15 is 0 Å². The van der Waals surface area contributed by atoms with Crippen molar-refractivity contribution in [3.63, 3.8) is 0 Å². The van der Waals surface area contributed by atoms with E-state index in [-0.39, 0.29) is 12.0 Å². The number of nitrogens with zero attached hydrogens (tertiary/aromatic N) is 2. The molecule has 0 bridgehead atoms. The molecule has 0 radical (unpaired) electrons. The van der Waals surface area contributed by atoms with E-state index < -0.39 is 0 Å². The van der Waals surface area contributed by atoms with Crippen LogP contribution in [0, 0.1) is 5.41 Å². The first kappa shape index (κ1) is 10.1. The summed E-state index contributed by atoms with van der Waals surface area (Å²) in [6.45, 7) is 4.51. The predicted octanol–water partition coefficient (Wildman–Crippen LogP) is 0.817. The maximum Gasteiger partial charge on any atom is 0.157 e. The van der Waals surface area contributed by atoms with Gasteiger partial charge in [-0.05, 0) is 0 Å². The molecule has 0 spiro atoms. The zero-order valence-electron chi connectivity index (χ0n) is 8.32. The van der Waals surface area contributed by atoms with E-state index in [4.69, 9.17) is 9.84 Å². The van der Waals surface area contributed by atoms with Crippen LogP contribution in [0.5, 0.6) is 5.75 Å². The molecule has 74 valence electrons. The zero-order valence-corrected chi connectivity index (χ0v) is 8.32. The summed E-state index contributed by atoms with van der Waals surface area (Å²) < 4.78 is 7.12. The molecule has 13 heavy (non-hydrogen) atoms. The lowest BCUT2D eigenvalue weighted by Gasteiger charge is -2.20. The van der Waals surface area contributed by atoms with Crippen LogP contribution in [0.15, 0.2) is 12.4 Å². The minimum Gasteiger partial charge on any atom is -0.490 e. The summed E-state index contributed by atoms with van der Waals surface area (Å²) in [5.74, 6) is 0.740. The average molecular weight is 184 g/mol. The molecule has 1 aromatic heterocycles. The second-order valence-corrected chi connectivity index (χ2v) is 3.96. The number of aromatic nitrogens is 2. The third-order valence-electron chi connectivity index (χ3n) is 1.74. The Morgan fingerprint density at radius 1 is 1.62 bits per heavy atom. The van der Waals surface area contributed by atoms with Gasteiger partial charge in [-0.15, -0.1) is 0 Å².